The molecule has 0 atom stereocenters. The predicted octanol–water partition coefficient (Wildman–Crippen LogP) is 4.07. The number of aromatic nitrogens is 1. The Kier molecular flexibility index (Phi) is 4.23. The van der Waals surface area contributed by atoms with E-state index in [2.05, 4.69) is 9.71 Å². The molecule has 1 aliphatic rings. The van der Waals surface area contributed by atoms with Gasteiger partial charge in [0.05, 0.1) is 11.1 Å². The number of sulfonamides is 1. The van der Waals surface area contributed by atoms with Gasteiger partial charge >= 0.3 is 0 Å². The van der Waals surface area contributed by atoms with Crippen LogP contribution in [0.1, 0.15) is 35.8 Å². The Balaban J connectivity index is 1.50. The highest BCUT2D eigenvalue weighted by Gasteiger charge is 2.29. The number of hydrogen-bond acceptors (Lipinski definition) is 5. The zero-order valence-corrected chi connectivity index (χ0v) is 15.4. The van der Waals surface area contributed by atoms with E-state index in [1.54, 1.807) is 18.3 Å². The first-order chi connectivity index (χ1) is 12.0. The molecule has 7 heteroatoms. The quantitative estimate of drug-likeness (QED) is 0.706. The molecular weight excluding hydrogens is 356 g/mol. The Hall–Kier alpha value is -1.96. The van der Waals surface area contributed by atoms with E-state index in [0.717, 1.165) is 34.7 Å². The zero-order valence-electron chi connectivity index (χ0n) is 13.7. The Labute approximate surface area is 150 Å². The molecule has 1 aromatic carbocycles. The molecule has 1 fully saturated rings. The van der Waals surface area contributed by atoms with Gasteiger partial charge in [-0.1, -0.05) is 24.3 Å². The molecule has 3 aromatic rings. The lowest BCUT2D eigenvalue weighted by Gasteiger charge is -2.07. The highest BCUT2D eigenvalue weighted by molar-refractivity contribution is 7.91. The van der Waals surface area contributed by atoms with Crippen LogP contribution in [0, 0.1) is 6.92 Å². The van der Waals surface area contributed by atoms with Crippen LogP contribution < -0.4 is 4.72 Å². The lowest BCUT2D eigenvalue weighted by Crippen LogP contribution is -2.22. The van der Waals surface area contributed by atoms with E-state index in [0.29, 0.717) is 11.7 Å². The minimum atomic E-state index is -3.55. The van der Waals surface area contributed by atoms with Crippen molar-refractivity contribution in [2.75, 3.05) is 0 Å². The van der Waals surface area contributed by atoms with Crippen molar-refractivity contribution < 1.29 is 12.8 Å². The molecule has 0 amide bonds. The van der Waals surface area contributed by atoms with Gasteiger partial charge in [-0.05, 0) is 43.0 Å². The summed E-state index contributed by atoms with van der Waals surface area (Å²) < 4.78 is 33.8. The van der Waals surface area contributed by atoms with Crippen LogP contribution in [-0.4, -0.2) is 13.4 Å². The fourth-order valence-electron chi connectivity index (χ4n) is 2.57. The van der Waals surface area contributed by atoms with Crippen LogP contribution in [0.2, 0.25) is 0 Å². The van der Waals surface area contributed by atoms with E-state index in [1.807, 2.05) is 31.2 Å². The van der Waals surface area contributed by atoms with E-state index in [1.165, 1.54) is 11.3 Å². The van der Waals surface area contributed by atoms with Gasteiger partial charge in [0.1, 0.15) is 4.21 Å². The summed E-state index contributed by atoms with van der Waals surface area (Å²) in [5.74, 6) is 1.82. The monoisotopic (exact) mass is 374 g/mol. The van der Waals surface area contributed by atoms with Crippen molar-refractivity contribution in [1.29, 1.82) is 0 Å². The second-order valence-electron chi connectivity index (χ2n) is 6.21. The number of nitrogens with zero attached hydrogens (tertiary/aromatic N) is 1. The van der Waals surface area contributed by atoms with Crippen LogP contribution >= 0.6 is 11.3 Å². The van der Waals surface area contributed by atoms with Gasteiger partial charge in [-0.25, -0.2) is 18.1 Å². The molecule has 1 N–H and O–H groups in total. The summed E-state index contributed by atoms with van der Waals surface area (Å²) in [5.41, 5.74) is 2.03. The molecule has 0 radical (unpaired) electrons. The molecule has 2 heterocycles. The highest BCUT2D eigenvalue weighted by Crippen LogP contribution is 2.41. The highest BCUT2D eigenvalue weighted by atomic mass is 32.2. The SMILES string of the molecule is Cc1ccccc1CNS(=O)(=O)c1ccc(-c2cnc(C3CC3)o2)s1. The fourth-order valence-corrected chi connectivity index (χ4v) is 4.87. The maximum atomic E-state index is 12.5. The van der Waals surface area contributed by atoms with E-state index in [-0.39, 0.29) is 10.8 Å². The van der Waals surface area contributed by atoms with Gasteiger partial charge in [-0.2, -0.15) is 0 Å². The molecule has 0 unspecified atom stereocenters. The fraction of sp³-hybridized carbons (Fsp3) is 0.278. The molecule has 0 spiro atoms. The van der Waals surface area contributed by atoms with Crippen LogP contribution in [-0.2, 0) is 16.6 Å². The summed E-state index contributed by atoms with van der Waals surface area (Å²) in [7, 11) is -3.55. The number of rotatable bonds is 6. The van der Waals surface area contributed by atoms with Gasteiger partial charge < -0.3 is 4.42 Å². The zero-order chi connectivity index (χ0) is 17.4. The Morgan fingerprint density at radius 1 is 1.24 bits per heavy atom. The molecule has 0 aliphatic heterocycles. The number of aryl methyl sites for hydroxylation is 1. The number of thiophene rings is 1. The molecular formula is C18H18N2O3S2. The molecule has 0 saturated heterocycles. The first kappa shape index (κ1) is 16.5. The predicted molar refractivity (Wildman–Crippen MR) is 97.0 cm³/mol. The van der Waals surface area contributed by atoms with E-state index < -0.39 is 10.0 Å². The van der Waals surface area contributed by atoms with Crippen molar-refractivity contribution in [3.8, 4) is 10.6 Å². The molecule has 25 heavy (non-hydrogen) atoms. The van der Waals surface area contributed by atoms with Crippen molar-refractivity contribution in [2.45, 2.75) is 36.4 Å². The second kappa shape index (κ2) is 6.40. The molecule has 0 bridgehead atoms. The summed E-state index contributed by atoms with van der Waals surface area (Å²) in [4.78, 5) is 5.06. The van der Waals surface area contributed by atoms with E-state index in [9.17, 15) is 8.42 Å². The second-order valence-corrected chi connectivity index (χ2v) is 9.28. The summed E-state index contributed by atoms with van der Waals surface area (Å²) in [5, 5.41) is 0. The van der Waals surface area contributed by atoms with Gasteiger partial charge in [-0.3, -0.25) is 0 Å². The Bertz CT molecular complexity index is 1000. The van der Waals surface area contributed by atoms with E-state index in [4.69, 9.17) is 4.42 Å². The van der Waals surface area contributed by atoms with Gasteiger partial charge in [0.25, 0.3) is 0 Å². The smallest absolute Gasteiger partial charge is 0.250 e. The minimum absolute atomic E-state index is 0.274. The normalized spacial score (nSPS) is 14.8. The first-order valence-corrected chi connectivity index (χ1v) is 10.4. The summed E-state index contributed by atoms with van der Waals surface area (Å²) in [6.45, 7) is 2.24. The standard InChI is InChI=1S/C18H18N2O3S2/c1-12-4-2-3-5-14(12)10-20-25(21,22)17-9-8-16(24-17)15-11-19-18(23-15)13-6-7-13/h2-5,8-9,11,13,20H,6-7,10H2,1H3. The van der Waals surface area contributed by atoms with Crippen molar-refractivity contribution in [3.05, 3.63) is 59.6 Å². The summed E-state index contributed by atoms with van der Waals surface area (Å²) in [6.07, 6.45) is 3.91. The molecule has 2 aromatic heterocycles. The van der Waals surface area contributed by atoms with Gasteiger partial charge in [0.15, 0.2) is 11.7 Å². The molecule has 5 nitrogen and oxygen atoms in total. The molecule has 4 rings (SSSR count). The lowest BCUT2D eigenvalue weighted by molar-refractivity contribution is 0.510. The maximum Gasteiger partial charge on any atom is 0.250 e. The third-order valence-electron chi connectivity index (χ3n) is 4.25. The maximum absolute atomic E-state index is 12.5. The largest absolute Gasteiger partial charge is 0.440 e. The van der Waals surface area contributed by atoms with Gasteiger partial charge in [0, 0.05) is 12.5 Å². The Morgan fingerprint density at radius 2 is 2.04 bits per heavy atom. The van der Waals surface area contributed by atoms with Crippen LogP contribution in [0.4, 0.5) is 0 Å². The first-order valence-electron chi connectivity index (χ1n) is 8.13. The third-order valence-corrected chi connectivity index (χ3v) is 7.25. The van der Waals surface area contributed by atoms with Crippen LogP contribution in [0.15, 0.2) is 51.2 Å². The summed E-state index contributed by atoms with van der Waals surface area (Å²) in [6, 6.07) is 11.1. The number of hydrogen-bond donors (Lipinski definition) is 1. The van der Waals surface area contributed by atoms with Crippen molar-refractivity contribution >= 4 is 21.4 Å². The molecule has 130 valence electrons. The van der Waals surface area contributed by atoms with Crippen molar-refractivity contribution in [3.63, 3.8) is 0 Å². The van der Waals surface area contributed by atoms with Crippen LogP contribution in [0.5, 0.6) is 0 Å². The van der Waals surface area contributed by atoms with Crippen molar-refractivity contribution in [1.82, 2.24) is 9.71 Å². The molecule has 1 saturated carbocycles. The number of oxazole rings is 1. The number of nitrogens with one attached hydrogen (secondary N) is 1. The average Bonchev–Trinajstić information content (AvgIpc) is 3.12. The summed E-state index contributed by atoms with van der Waals surface area (Å²) >= 11 is 1.19. The van der Waals surface area contributed by atoms with Crippen LogP contribution in [0.3, 0.4) is 0 Å². The third kappa shape index (κ3) is 3.53. The average molecular weight is 374 g/mol. The molecule has 1 aliphatic carbocycles. The lowest BCUT2D eigenvalue weighted by atomic mass is 10.1. The number of benzene rings is 1. The Morgan fingerprint density at radius 3 is 2.80 bits per heavy atom. The van der Waals surface area contributed by atoms with Crippen molar-refractivity contribution in [2.24, 2.45) is 0 Å². The van der Waals surface area contributed by atoms with Gasteiger partial charge in [-0.15, -0.1) is 11.3 Å². The minimum Gasteiger partial charge on any atom is -0.440 e. The van der Waals surface area contributed by atoms with Crippen LogP contribution in [0.25, 0.3) is 10.6 Å². The van der Waals surface area contributed by atoms with E-state index >= 15 is 0 Å². The topological polar surface area (TPSA) is 72.2 Å². The van der Waals surface area contributed by atoms with Gasteiger partial charge in [0.2, 0.25) is 10.0 Å².